The van der Waals surface area contributed by atoms with Crippen LogP contribution >= 0.6 is 11.6 Å². The van der Waals surface area contributed by atoms with Gasteiger partial charge in [0.2, 0.25) is 5.28 Å². The van der Waals surface area contributed by atoms with Crippen molar-refractivity contribution in [1.82, 2.24) is 14.9 Å². The molecule has 150 valence electrons. The maximum Gasteiger partial charge on any atom is 0.273 e. The van der Waals surface area contributed by atoms with Gasteiger partial charge in [0.25, 0.3) is 5.91 Å². The summed E-state index contributed by atoms with van der Waals surface area (Å²) in [6.45, 7) is 7.50. The lowest BCUT2D eigenvalue weighted by molar-refractivity contribution is 0.0726. The van der Waals surface area contributed by atoms with E-state index in [4.69, 9.17) is 21.1 Å². The first kappa shape index (κ1) is 20.2. The van der Waals surface area contributed by atoms with E-state index in [9.17, 15) is 4.79 Å². The number of anilines is 1. The van der Waals surface area contributed by atoms with E-state index in [1.165, 1.54) is 0 Å². The summed E-state index contributed by atoms with van der Waals surface area (Å²) < 4.78 is 11.1. The summed E-state index contributed by atoms with van der Waals surface area (Å²) in [6, 6.07) is 5.82. The minimum atomic E-state index is -0.109. The molecule has 3 rings (SSSR count). The maximum atomic E-state index is 12.6. The van der Waals surface area contributed by atoms with Crippen LogP contribution in [-0.4, -0.2) is 47.6 Å². The van der Waals surface area contributed by atoms with Gasteiger partial charge in [0, 0.05) is 36.8 Å². The first-order valence-corrected chi connectivity index (χ1v) is 9.61. The summed E-state index contributed by atoms with van der Waals surface area (Å²) >= 11 is 6.12. The summed E-state index contributed by atoms with van der Waals surface area (Å²) in [4.78, 5) is 25.0. The Hall–Kier alpha value is -2.54. The molecule has 0 N–H and O–H groups in total. The third kappa shape index (κ3) is 3.85. The molecule has 28 heavy (non-hydrogen) atoms. The number of fused-ring (bicyclic) bond motifs is 1. The Balaban J connectivity index is 1.92. The summed E-state index contributed by atoms with van der Waals surface area (Å²) in [6.07, 6.45) is 0. The molecule has 2 aromatic rings. The average molecular weight is 405 g/mol. The predicted octanol–water partition coefficient (Wildman–Crippen LogP) is 3.54. The fourth-order valence-electron chi connectivity index (χ4n) is 3.32. The molecule has 0 atom stereocenters. The standard InChI is InChI=1S/C20H25ClN4O3/c1-6-28-14-8-7-13(16(9-14)27-5)10-24(4)18-15-11-25(12(2)3)19(26)17(15)22-20(21)23-18/h7-9,12H,6,10-11H2,1-5H3. The van der Waals surface area contributed by atoms with Crippen LogP contribution in [-0.2, 0) is 13.1 Å². The van der Waals surface area contributed by atoms with Gasteiger partial charge >= 0.3 is 0 Å². The van der Waals surface area contributed by atoms with Crippen molar-refractivity contribution >= 4 is 23.3 Å². The van der Waals surface area contributed by atoms with Crippen LogP contribution in [0.5, 0.6) is 11.5 Å². The zero-order valence-electron chi connectivity index (χ0n) is 16.8. The predicted molar refractivity (Wildman–Crippen MR) is 108 cm³/mol. The van der Waals surface area contributed by atoms with Gasteiger partial charge in [-0.05, 0) is 44.5 Å². The smallest absolute Gasteiger partial charge is 0.273 e. The molecule has 0 radical (unpaired) electrons. The first-order valence-electron chi connectivity index (χ1n) is 9.23. The van der Waals surface area contributed by atoms with Crippen molar-refractivity contribution in [1.29, 1.82) is 0 Å². The van der Waals surface area contributed by atoms with Crippen molar-refractivity contribution in [2.24, 2.45) is 0 Å². The van der Waals surface area contributed by atoms with Gasteiger partial charge in [-0.3, -0.25) is 4.79 Å². The number of aromatic nitrogens is 2. The lowest BCUT2D eigenvalue weighted by Crippen LogP contribution is -2.31. The van der Waals surface area contributed by atoms with E-state index in [1.54, 1.807) is 12.0 Å². The molecule has 1 aromatic heterocycles. The number of carbonyl (C=O) groups is 1. The second kappa shape index (κ2) is 8.22. The first-order chi connectivity index (χ1) is 13.3. The average Bonchev–Trinajstić information content (AvgIpc) is 2.99. The SMILES string of the molecule is CCOc1ccc(CN(C)c2nc(Cl)nc3c2CN(C(C)C)C3=O)c(OC)c1. The number of ether oxygens (including phenoxy) is 2. The van der Waals surface area contributed by atoms with E-state index in [-0.39, 0.29) is 17.2 Å². The molecule has 0 fully saturated rings. The lowest BCUT2D eigenvalue weighted by atomic mass is 10.1. The highest BCUT2D eigenvalue weighted by molar-refractivity contribution is 6.28. The molecule has 0 unspecified atom stereocenters. The quantitative estimate of drug-likeness (QED) is 0.657. The Kier molecular flexibility index (Phi) is 5.93. The number of hydrogen-bond donors (Lipinski definition) is 0. The number of methoxy groups -OCH3 is 1. The summed E-state index contributed by atoms with van der Waals surface area (Å²) in [5.41, 5.74) is 2.16. The van der Waals surface area contributed by atoms with Crippen molar-refractivity contribution in [3.05, 3.63) is 40.3 Å². The second-order valence-electron chi connectivity index (χ2n) is 6.93. The number of carbonyl (C=O) groups excluding carboxylic acids is 1. The van der Waals surface area contributed by atoms with Crippen LogP contribution in [0.3, 0.4) is 0 Å². The van der Waals surface area contributed by atoms with Gasteiger partial charge in [-0.1, -0.05) is 0 Å². The molecule has 0 saturated heterocycles. The Morgan fingerprint density at radius 1 is 1.32 bits per heavy atom. The van der Waals surface area contributed by atoms with Gasteiger partial charge in [-0.2, -0.15) is 0 Å². The highest BCUT2D eigenvalue weighted by Crippen LogP contribution is 2.33. The molecule has 0 bridgehead atoms. The topological polar surface area (TPSA) is 67.8 Å². The van der Waals surface area contributed by atoms with Crippen LogP contribution in [0.25, 0.3) is 0 Å². The number of benzene rings is 1. The van der Waals surface area contributed by atoms with E-state index in [1.807, 2.05) is 50.9 Å². The molecular formula is C20H25ClN4O3. The third-order valence-corrected chi connectivity index (χ3v) is 4.88. The molecule has 1 aliphatic rings. The Morgan fingerprint density at radius 3 is 2.71 bits per heavy atom. The second-order valence-corrected chi connectivity index (χ2v) is 7.27. The fraction of sp³-hybridized carbons (Fsp3) is 0.450. The minimum absolute atomic E-state index is 0.0678. The van der Waals surface area contributed by atoms with Crippen LogP contribution in [0, 0.1) is 0 Å². The molecule has 0 aliphatic carbocycles. The van der Waals surface area contributed by atoms with Gasteiger partial charge < -0.3 is 19.3 Å². The number of amides is 1. The number of nitrogens with zero attached hydrogens (tertiary/aromatic N) is 4. The Bertz CT molecular complexity index is 888. The molecule has 0 saturated carbocycles. The number of halogens is 1. The summed E-state index contributed by atoms with van der Waals surface area (Å²) in [7, 11) is 3.55. The molecule has 1 aliphatic heterocycles. The summed E-state index contributed by atoms with van der Waals surface area (Å²) in [5.74, 6) is 2.04. The van der Waals surface area contributed by atoms with Crippen LogP contribution in [0.15, 0.2) is 18.2 Å². The van der Waals surface area contributed by atoms with Crippen molar-refractivity contribution in [2.45, 2.75) is 39.9 Å². The van der Waals surface area contributed by atoms with Crippen molar-refractivity contribution in [3.8, 4) is 11.5 Å². The van der Waals surface area contributed by atoms with Gasteiger partial charge in [0.05, 0.1) is 20.3 Å². The molecule has 2 heterocycles. The van der Waals surface area contributed by atoms with Gasteiger partial charge in [0.15, 0.2) is 0 Å². The molecule has 7 nitrogen and oxygen atoms in total. The lowest BCUT2D eigenvalue weighted by Gasteiger charge is -2.23. The highest BCUT2D eigenvalue weighted by Gasteiger charge is 2.34. The van der Waals surface area contributed by atoms with Crippen LogP contribution in [0.1, 0.15) is 42.4 Å². The van der Waals surface area contributed by atoms with E-state index < -0.39 is 0 Å². The zero-order valence-corrected chi connectivity index (χ0v) is 17.6. The van der Waals surface area contributed by atoms with Crippen molar-refractivity contribution < 1.29 is 14.3 Å². The fourth-order valence-corrected chi connectivity index (χ4v) is 3.49. The molecule has 1 aromatic carbocycles. The van der Waals surface area contributed by atoms with Gasteiger partial charge in [-0.15, -0.1) is 0 Å². The highest BCUT2D eigenvalue weighted by atomic mass is 35.5. The van der Waals surface area contributed by atoms with E-state index in [0.717, 1.165) is 22.6 Å². The molecule has 8 heteroatoms. The molecule has 0 spiro atoms. The van der Waals surface area contributed by atoms with E-state index >= 15 is 0 Å². The largest absolute Gasteiger partial charge is 0.496 e. The summed E-state index contributed by atoms with van der Waals surface area (Å²) in [5, 5.41) is 0.0678. The Morgan fingerprint density at radius 2 is 2.07 bits per heavy atom. The van der Waals surface area contributed by atoms with Gasteiger partial charge in [-0.25, -0.2) is 9.97 Å². The van der Waals surface area contributed by atoms with Crippen LogP contribution in [0.4, 0.5) is 5.82 Å². The number of rotatable bonds is 7. The minimum Gasteiger partial charge on any atom is -0.496 e. The van der Waals surface area contributed by atoms with Crippen molar-refractivity contribution in [3.63, 3.8) is 0 Å². The van der Waals surface area contributed by atoms with Crippen molar-refractivity contribution in [2.75, 3.05) is 25.7 Å². The van der Waals surface area contributed by atoms with Gasteiger partial charge in [0.1, 0.15) is 23.0 Å². The van der Waals surface area contributed by atoms with E-state index in [0.29, 0.717) is 31.2 Å². The monoisotopic (exact) mass is 404 g/mol. The Labute approximate surface area is 170 Å². The normalized spacial score (nSPS) is 13.1. The van der Waals surface area contributed by atoms with E-state index in [2.05, 4.69) is 9.97 Å². The molecule has 1 amide bonds. The van der Waals surface area contributed by atoms with Crippen LogP contribution in [0.2, 0.25) is 5.28 Å². The zero-order chi connectivity index (χ0) is 20.4. The third-order valence-electron chi connectivity index (χ3n) is 4.71. The maximum absolute atomic E-state index is 12.6. The number of hydrogen-bond acceptors (Lipinski definition) is 6. The van der Waals surface area contributed by atoms with Crippen LogP contribution < -0.4 is 14.4 Å². The molecular weight excluding hydrogens is 380 g/mol.